The zero-order chi connectivity index (χ0) is 12.5. The summed E-state index contributed by atoms with van der Waals surface area (Å²) in [4.78, 5) is 0.198. The van der Waals surface area contributed by atoms with E-state index in [1.807, 2.05) is 0 Å². The van der Waals surface area contributed by atoms with Crippen LogP contribution in [0.1, 0.15) is 6.92 Å². The summed E-state index contributed by atoms with van der Waals surface area (Å²) in [5, 5.41) is 11.7. The van der Waals surface area contributed by atoms with Gasteiger partial charge in [0.25, 0.3) is 0 Å². The summed E-state index contributed by atoms with van der Waals surface area (Å²) < 4.78 is 23.9. The van der Waals surface area contributed by atoms with Crippen LogP contribution in [0.3, 0.4) is 0 Å². The van der Waals surface area contributed by atoms with E-state index in [1.165, 1.54) is 24.3 Å². The lowest BCUT2D eigenvalue weighted by molar-refractivity contribution is 0.599. The molecule has 5 nitrogen and oxygen atoms in total. The van der Waals surface area contributed by atoms with Gasteiger partial charge in [0.15, 0.2) is 15.7 Å². The van der Waals surface area contributed by atoms with Crippen molar-refractivity contribution in [1.82, 2.24) is 5.32 Å². The van der Waals surface area contributed by atoms with Crippen molar-refractivity contribution in [1.29, 1.82) is 0 Å². The molecule has 0 bridgehead atoms. The lowest BCUT2D eigenvalue weighted by atomic mass is 10.4. The predicted octanol–water partition coefficient (Wildman–Crippen LogP) is 1.46. The minimum Gasteiger partial charge on any atom is -0.223 e. The third-order valence-electron chi connectivity index (χ3n) is 2.09. The van der Waals surface area contributed by atoms with Crippen molar-refractivity contribution in [3.05, 3.63) is 29.3 Å². The highest BCUT2D eigenvalue weighted by atomic mass is 35.5. The molecule has 0 aromatic heterocycles. The molecular formula is C10H9ClN3O2S. The Hall–Kier alpha value is -1.40. The topological polar surface area (TPSA) is 73.0 Å². The lowest BCUT2D eigenvalue weighted by Gasteiger charge is -2.03. The van der Waals surface area contributed by atoms with Gasteiger partial charge in [0.1, 0.15) is 11.6 Å². The van der Waals surface area contributed by atoms with Gasteiger partial charge in [0.2, 0.25) is 0 Å². The summed E-state index contributed by atoms with van der Waals surface area (Å²) in [6, 6.07) is 5.98. The summed E-state index contributed by atoms with van der Waals surface area (Å²) in [6.45, 7) is 1.66. The maximum atomic E-state index is 12.0. The predicted molar refractivity (Wildman–Crippen MR) is 66.2 cm³/mol. The zero-order valence-electron chi connectivity index (χ0n) is 8.96. The van der Waals surface area contributed by atoms with Crippen LogP contribution in [0.25, 0.3) is 0 Å². The number of nitrogens with zero attached hydrogens (tertiary/aromatic N) is 3. The fourth-order valence-electron chi connectivity index (χ4n) is 1.32. The first-order valence-corrected chi connectivity index (χ1v) is 6.81. The van der Waals surface area contributed by atoms with Gasteiger partial charge in [-0.25, -0.2) is 13.7 Å². The van der Waals surface area contributed by atoms with Crippen LogP contribution in [0.4, 0.5) is 0 Å². The maximum Gasteiger partial charge on any atom is 0.185 e. The molecule has 0 aliphatic carbocycles. The van der Waals surface area contributed by atoms with Gasteiger partial charge in [0.05, 0.1) is 4.90 Å². The van der Waals surface area contributed by atoms with E-state index in [0.29, 0.717) is 10.9 Å². The Labute approximate surface area is 104 Å². The number of benzene rings is 1. The van der Waals surface area contributed by atoms with Crippen LogP contribution in [0, 0.1) is 0 Å². The van der Waals surface area contributed by atoms with Crippen LogP contribution in [-0.4, -0.2) is 25.8 Å². The molecule has 1 aliphatic rings. The fraction of sp³-hybridized carbons (Fsp3) is 0.200. The monoisotopic (exact) mass is 270 g/mol. The van der Waals surface area contributed by atoms with E-state index in [2.05, 4.69) is 15.5 Å². The molecule has 89 valence electrons. The lowest BCUT2D eigenvalue weighted by Crippen LogP contribution is -2.24. The molecule has 0 N–H and O–H groups in total. The van der Waals surface area contributed by atoms with E-state index in [0.717, 1.165) is 0 Å². The molecular weight excluding hydrogens is 262 g/mol. The minimum atomic E-state index is -3.44. The van der Waals surface area contributed by atoms with Gasteiger partial charge in [-0.15, -0.1) is 10.2 Å². The molecule has 0 spiro atoms. The first-order chi connectivity index (χ1) is 7.97. The highest BCUT2D eigenvalue weighted by Crippen LogP contribution is 2.15. The van der Waals surface area contributed by atoms with Crippen LogP contribution in [0.2, 0.25) is 5.02 Å². The minimum absolute atomic E-state index is 0.198. The van der Waals surface area contributed by atoms with Gasteiger partial charge in [0, 0.05) is 5.02 Å². The zero-order valence-corrected chi connectivity index (χ0v) is 10.5. The van der Waals surface area contributed by atoms with E-state index in [1.54, 1.807) is 6.92 Å². The maximum absolute atomic E-state index is 12.0. The van der Waals surface area contributed by atoms with Crippen molar-refractivity contribution in [3.63, 3.8) is 0 Å². The Morgan fingerprint density at radius 3 is 2.35 bits per heavy atom. The standard InChI is InChI=1S/C10H9ClN3O2S/c1-7-12-10(14-13-7)6-17(15,16)9-4-2-8(11)3-5-9/h2-5H,6H2,1H3. The second-order valence-corrected chi connectivity index (χ2v) is 5.91. The SMILES string of the molecule is CC1=NN=C(CS(=O)(=O)c2ccc(Cl)cc2)[N]1. The molecule has 1 aromatic rings. The Balaban J connectivity index is 2.18. The number of hydrogen-bond donors (Lipinski definition) is 0. The van der Waals surface area contributed by atoms with Crippen LogP contribution in [0.15, 0.2) is 39.4 Å². The molecule has 0 saturated carbocycles. The average molecular weight is 271 g/mol. The van der Waals surface area contributed by atoms with Gasteiger partial charge in [-0.2, -0.15) is 0 Å². The number of halogens is 1. The second kappa shape index (κ2) is 4.46. The van der Waals surface area contributed by atoms with E-state index < -0.39 is 9.84 Å². The molecule has 7 heteroatoms. The summed E-state index contributed by atoms with van der Waals surface area (Å²) >= 11 is 5.70. The molecule has 17 heavy (non-hydrogen) atoms. The highest BCUT2D eigenvalue weighted by molar-refractivity contribution is 7.92. The number of amidine groups is 2. The van der Waals surface area contributed by atoms with Gasteiger partial charge in [-0.05, 0) is 31.2 Å². The van der Waals surface area contributed by atoms with Gasteiger partial charge in [-0.3, -0.25) is 0 Å². The molecule has 2 rings (SSSR count). The number of sulfone groups is 1. The largest absolute Gasteiger partial charge is 0.223 e. The quantitative estimate of drug-likeness (QED) is 0.834. The summed E-state index contributed by atoms with van der Waals surface area (Å²) in [5.74, 6) is 0.416. The van der Waals surface area contributed by atoms with Gasteiger partial charge < -0.3 is 0 Å². The van der Waals surface area contributed by atoms with E-state index in [9.17, 15) is 8.42 Å². The van der Waals surface area contributed by atoms with Crippen LogP contribution >= 0.6 is 11.6 Å². The Bertz CT molecular complexity index is 590. The molecule has 0 atom stereocenters. The molecule has 0 fully saturated rings. The van der Waals surface area contributed by atoms with Gasteiger partial charge >= 0.3 is 0 Å². The van der Waals surface area contributed by atoms with Crippen molar-refractivity contribution in [2.45, 2.75) is 11.8 Å². The smallest absolute Gasteiger partial charge is 0.185 e. The van der Waals surface area contributed by atoms with E-state index in [-0.39, 0.29) is 16.5 Å². The fourth-order valence-corrected chi connectivity index (χ4v) is 2.62. The van der Waals surface area contributed by atoms with E-state index in [4.69, 9.17) is 11.6 Å². The van der Waals surface area contributed by atoms with Crippen LogP contribution < -0.4 is 5.32 Å². The second-order valence-electron chi connectivity index (χ2n) is 3.49. The summed E-state index contributed by atoms with van der Waals surface area (Å²) in [7, 11) is -3.44. The summed E-state index contributed by atoms with van der Waals surface area (Å²) in [5.41, 5.74) is 0. The number of hydrogen-bond acceptors (Lipinski definition) is 4. The first kappa shape index (κ1) is 12.1. The Morgan fingerprint density at radius 2 is 1.82 bits per heavy atom. The normalized spacial score (nSPS) is 15.2. The average Bonchev–Trinajstić information content (AvgIpc) is 2.63. The molecule has 1 radical (unpaired) electrons. The molecule has 0 saturated heterocycles. The molecule has 1 aliphatic heterocycles. The Morgan fingerprint density at radius 1 is 1.18 bits per heavy atom. The van der Waals surface area contributed by atoms with E-state index >= 15 is 0 Å². The molecule has 1 aromatic carbocycles. The van der Waals surface area contributed by atoms with Crippen molar-refractivity contribution >= 4 is 33.1 Å². The van der Waals surface area contributed by atoms with Crippen molar-refractivity contribution in [2.75, 3.05) is 5.75 Å². The third-order valence-corrected chi connectivity index (χ3v) is 3.97. The third kappa shape index (κ3) is 2.83. The Kier molecular flexibility index (Phi) is 3.17. The van der Waals surface area contributed by atoms with Crippen molar-refractivity contribution < 1.29 is 8.42 Å². The molecule has 0 unspecified atom stereocenters. The van der Waals surface area contributed by atoms with Crippen molar-refractivity contribution in [3.8, 4) is 0 Å². The van der Waals surface area contributed by atoms with Crippen LogP contribution in [0.5, 0.6) is 0 Å². The molecule has 1 heterocycles. The summed E-state index contributed by atoms with van der Waals surface area (Å²) in [6.07, 6.45) is 0. The molecule has 0 amide bonds. The highest BCUT2D eigenvalue weighted by Gasteiger charge is 2.21. The van der Waals surface area contributed by atoms with Crippen molar-refractivity contribution in [2.24, 2.45) is 10.2 Å². The van der Waals surface area contributed by atoms with Crippen LogP contribution in [-0.2, 0) is 9.84 Å². The first-order valence-electron chi connectivity index (χ1n) is 4.78. The number of rotatable bonds is 3. The van der Waals surface area contributed by atoms with Gasteiger partial charge in [-0.1, -0.05) is 11.6 Å².